The Hall–Kier alpha value is -3.04. The minimum Gasteiger partial charge on any atom is -0.466 e. The monoisotopic (exact) mass is 560 g/mol. The summed E-state index contributed by atoms with van der Waals surface area (Å²) in [4.78, 5) is 79.5. The minimum absolute atomic E-state index is 0.00196. The Morgan fingerprint density at radius 1 is 0.950 bits per heavy atom. The van der Waals surface area contributed by atoms with Crippen molar-refractivity contribution in [1.82, 2.24) is 0 Å². The number of Topliss-reactive ketones (excluding diaryl/α,β-unsaturated/α-hetero) is 2. The van der Waals surface area contributed by atoms with Crippen LogP contribution in [0.1, 0.15) is 74.7 Å². The zero-order chi connectivity index (χ0) is 30.4. The number of carbonyl (C=O) groups is 6. The Balaban J connectivity index is 2.04. The first kappa shape index (κ1) is 29.9. The molecule has 4 fully saturated rings. The molecule has 0 aromatic heterocycles. The van der Waals surface area contributed by atoms with Gasteiger partial charge >= 0.3 is 23.9 Å². The number of cyclic esters (lactones) is 1. The van der Waals surface area contributed by atoms with Gasteiger partial charge in [-0.1, -0.05) is 39.8 Å². The second-order valence-electron chi connectivity index (χ2n) is 13.4. The number of hydrogen-bond donors (Lipinski definition) is 0. The van der Waals surface area contributed by atoms with Crippen LogP contribution >= 0.6 is 0 Å². The molecule has 9 atom stereocenters. The molecule has 0 unspecified atom stereocenters. The summed E-state index contributed by atoms with van der Waals surface area (Å²) in [6.45, 7) is 16.9. The largest absolute Gasteiger partial charge is 0.466 e. The summed E-state index contributed by atoms with van der Waals surface area (Å²) < 4.78 is 22.4. The average molecular weight is 561 g/mol. The average Bonchev–Trinajstić information content (AvgIpc) is 2.83. The molecule has 0 amide bonds. The van der Waals surface area contributed by atoms with Gasteiger partial charge in [-0.05, 0) is 38.0 Å². The van der Waals surface area contributed by atoms with Crippen LogP contribution in [0.5, 0.6) is 0 Å². The summed E-state index contributed by atoms with van der Waals surface area (Å²) in [6.07, 6.45) is -1.34. The van der Waals surface area contributed by atoms with E-state index in [9.17, 15) is 28.8 Å². The van der Waals surface area contributed by atoms with Gasteiger partial charge in [-0.25, -0.2) is 4.79 Å². The van der Waals surface area contributed by atoms with Crippen LogP contribution in [-0.2, 0) is 47.7 Å². The quantitative estimate of drug-likeness (QED) is 0.219. The molecule has 4 rings (SSSR count). The first-order chi connectivity index (χ1) is 18.2. The van der Waals surface area contributed by atoms with Crippen LogP contribution in [0.2, 0.25) is 0 Å². The summed E-state index contributed by atoms with van der Waals surface area (Å²) in [7, 11) is 1.10. The molecule has 4 aliphatic rings. The summed E-state index contributed by atoms with van der Waals surface area (Å²) in [6, 6.07) is 0. The Kier molecular flexibility index (Phi) is 6.72. The first-order valence-corrected chi connectivity index (χ1v) is 13.7. The molecule has 0 radical (unpaired) electrons. The van der Waals surface area contributed by atoms with E-state index in [4.69, 9.17) is 18.9 Å². The highest BCUT2D eigenvalue weighted by atomic mass is 16.6. The van der Waals surface area contributed by atoms with Crippen molar-refractivity contribution in [2.24, 2.45) is 39.4 Å². The van der Waals surface area contributed by atoms with Gasteiger partial charge in [0.2, 0.25) is 0 Å². The molecule has 0 aromatic rings. The molecule has 1 saturated heterocycles. The van der Waals surface area contributed by atoms with E-state index in [-0.39, 0.29) is 18.6 Å². The summed E-state index contributed by atoms with van der Waals surface area (Å²) >= 11 is 0. The second-order valence-corrected chi connectivity index (χ2v) is 13.4. The Bertz CT molecular complexity index is 1230. The first-order valence-electron chi connectivity index (χ1n) is 13.7. The third-order valence-corrected chi connectivity index (χ3v) is 10.9. The molecule has 40 heavy (non-hydrogen) atoms. The molecular weight excluding hydrogens is 520 g/mol. The molecule has 0 bridgehead atoms. The van der Waals surface area contributed by atoms with E-state index in [1.807, 2.05) is 20.8 Å². The number of esters is 4. The summed E-state index contributed by atoms with van der Waals surface area (Å²) in [5, 5.41) is 0. The number of rotatable bonds is 3. The van der Waals surface area contributed by atoms with Crippen LogP contribution in [0.3, 0.4) is 0 Å². The molecule has 0 N–H and O–H groups in total. The van der Waals surface area contributed by atoms with E-state index in [0.717, 1.165) is 7.11 Å². The predicted octanol–water partition coefficient (Wildman–Crippen LogP) is 3.14. The van der Waals surface area contributed by atoms with E-state index < -0.39 is 86.9 Å². The second kappa shape index (κ2) is 8.98. The lowest BCUT2D eigenvalue weighted by Crippen LogP contribution is -2.77. The van der Waals surface area contributed by atoms with E-state index >= 15 is 0 Å². The molecule has 3 aliphatic carbocycles. The number of allylic oxidation sites excluding steroid dienone is 1. The van der Waals surface area contributed by atoms with Crippen molar-refractivity contribution in [3.63, 3.8) is 0 Å². The van der Waals surface area contributed by atoms with Crippen LogP contribution in [-0.4, -0.2) is 60.4 Å². The van der Waals surface area contributed by atoms with E-state index in [1.165, 1.54) is 20.8 Å². The fraction of sp³-hybridized carbons (Fsp3) is 0.733. The van der Waals surface area contributed by atoms with Crippen molar-refractivity contribution in [2.45, 2.75) is 92.5 Å². The topological polar surface area (TPSA) is 139 Å². The number of fused-ring (bicyclic) bond motifs is 5. The predicted molar refractivity (Wildman–Crippen MR) is 139 cm³/mol. The van der Waals surface area contributed by atoms with E-state index in [0.29, 0.717) is 12.0 Å². The van der Waals surface area contributed by atoms with Gasteiger partial charge in [0.1, 0.15) is 18.0 Å². The van der Waals surface area contributed by atoms with Gasteiger partial charge in [0.05, 0.1) is 18.4 Å². The fourth-order valence-corrected chi connectivity index (χ4v) is 9.18. The smallest absolute Gasteiger partial charge is 0.358 e. The third kappa shape index (κ3) is 3.59. The van der Waals surface area contributed by atoms with E-state index in [2.05, 4.69) is 6.58 Å². The lowest BCUT2D eigenvalue weighted by molar-refractivity contribution is -0.280. The van der Waals surface area contributed by atoms with Gasteiger partial charge in [0.15, 0.2) is 5.78 Å². The third-order valence-electron chi connectivity index (χ3n) is 10.9. The Morgan fingerprint density at radius 2 is 1.52 bits per heavy atom. The SMILES string of the molecule is C=C1C[C@H]2[C@@]3(C)CCC(=O)C(C)(C)[C@H]3[C@@H](OC(C)=O)[C@H](OC(C)=O)[C@@]2(C)[C@H]2C(=O)O[C@@](C)(C(=O)OC)C(=O)[C@]12C. The molecule has 0 aromatic carbocycles. The number of ether oxygens (including phenoxy) is 4. The van der Waals surface area contributed by atoms with Crippen molar-refractivity contribution in [3.05, 3.63) is 12.2 Å². The molecule has 10 heteroatoms. The highest BCUT2D eigenvalue weighted by Crippen LogP contribution is 2.73. The molecular formula is C30H40O10. The molecule has 0 spiro atoms. The molecule has 10 nitrogen and oxygen atoms in total. The van der Waals surface area contributed by atoms with Crippen molar-refractivity contribution in [3.8, 4) is 0 Å². The van der Waals surface area contributed by atoms with Gasteiger partial charge in [-0.2, -0.15) is 0 Å². The highest BCUT2D eigenvalue weighted by Gasteiger charge is 2.79. The number of ketones is 2. The standard InChI is InChI=1S/C30H40O10/c1-14-13-17-27(6)12-11-18(33)26(4,5)20(27)19(38-15(2)31)22(39-16(3)32)29(17,8)21-23(34)40-30(9,25(36)37-10)24(35)28(14,21)7/h17,19-22H,1,11-13H2,2-10H3/t17-,19+,20+,21-,22-,27+,28+,29+,30+/m0/s1. The lowest BCUT2D eigenvalue weighted by Gasteiger charge is -2.70. The molecule has 3 saturated carbocycles. The molecule has 220 valence electrons. The van der Waals surface area contributed by atoms with Crippen molar-refractivity contribution in [1.29, 1.82) is 0 Å². The minimum atomic E-state index is -2.20. The van der Waals surface area contributed by atoms with Crippen molar-refractivity contribution < 1.29 is 47.7 Å². The fourth-order valence-electron chi connectivity index (χ4n) is 9.18. The van der Waals surface area contributed by atoms with Crippen LogP contribution in [0.25, 0.3) is 0 Å². The van der Waals surface area contributed by atoms with Crippen LogP contribution in [0, 0.1) is 39.4 Å². The highest BCUT2D eigenvalue weighted by molar-refractivity contribution is 6.15. The van der Waals surface area contributed by atoms with Gasteiger partial charge in [-0.15, -0.1) is 0 Å². The Morgan fingerprint density at radius 3 is 2.05 bits per heavy atom. The maximum atomic E-state index is 14.2. The summed E-state index contributed by atoms with van der Waals surface area (Å²) in [5.74, 6) is -6.08. The van der Waals surface area contributed by atoms with Gasteiger partial charge < -0.3 is 18.9 Å². The van der Waals surface area contributed by atoms with Crippen molar-refractivity contribution >= 4 is 35.4 Å². The van der Waals surface area contributed by atoms with Crippen LogP contribution in [0.15, 0.2) is 12.2 Å². The van der Waals surface area contributed by atoms with Gasteiger partial charge in [0.25, 0.3) is 5.60 Å². The van der Waals surface area contributed by atoms with Crippen LogP contribution in [0.4, 0.5) is 0 Å². The zero-order valence-electron chi connectivity index (χ0n) is 24.8. The normalized spacial score (nSPS) is 43.9. The van der Waals surface area contributed by atoms with Crippen molar-refractivity contribution in [2.75, 3.05) is 7.11 Å². The maximum Gasteiger partial charge on any atom is 0.358 e. The summed E-state index contributed by atoms with van der Waals surface area (Å²) in [5.41, 5.74) is -6.31. The van der Waals surface area contributed by atoms with Gasteiger partial charge in [-0.3, -0.25) is 24.0 Å². The van der Waals surface area contributed by atoms with Gasteiger partial charge in [0, 0.05) is 37.0 Å². The number of methoxy groups -OCH3 is 1. The number of hydrogen-bond acceptors (Lipinski definition) is 10. The van der Waals surface area contributed by atoms with Crippen LogP contribution < -0.4 is 0 Å². The molecule has 1 heterocycles. The molecule has 1 aliphatic heterocycles. The number of carbonyl (C=O) groups excluding carboxylic acids is 6. The zero-order valence-corrected chi connectivity index (χ0v) is 24.8. The van der Waals surface area contributed by atoms with E-state index in [1.54, 1.807) is 13.8 Å². The maximum absolute atomic E-state index is 14.2. The Labute approximate surface area is 234 Å². The lowest BCUT2D eigenvalue weighted by atomic mass is 9.34.